The molecule has 1 unspecified atom stereocenters. The predicted octanol–water partition coefficient (Wildman–Crippen LogP) is 2.26. The van der Waals surface area contributed by atoms with E-state index in [2.05, 4.69) is 12.0 Å². The van der Waals surface area contributed by atoms with Crippen LogP contribution in [0.3, 0.4) is 0 Å². The van der Waals surface area contributed by atoms with Crippen LogP contribution in [-0.4, -0.2) is 24.3 Å². The highest BCUT2D eigenvalue weighted by Crippen LogP contribution is 2.18. The van der Waals surface area contributed by atoms with Gasteiger partial charge in [-0.05, 0) is 12.0 Å². The second-order valence-corrected chi connectivity index (χ2v) is 3.88. The number of cyclic esters (lactones) is 1. The molecule has 1 saturated heterocycles. The van der Waals surface area contributed by atoms with Gasteiger partial charge in [0.1, 0.15) is 6.61 Å². The summed E-state index contributed by atoms with van der Waals surface area (Å²) in [5.74, 6) is 0. The molecule has 0 bridgehead atoms. The van der Waals surface area contributed by atoms with Crippen molar-refractivity contribution in [3.05, 3.63) is 48.6 Å². The van der Waals surface area contributed by atoms with E-state index in [-0.39, 0.29) is 12.1 Å². The van der Waals surface area contributed by atoms with Gasteiger partial charge in [-0.1, -0.05) is 36.4 Å². The van der Waals surface area contributed by atoms with Crippen LogP contribution in [0.5, 0.6) is 0 Å². The van der Waals surface area contributed by atoms with E-state index >= 15 is 0 Å². The Morgan fingerprint density at radius 2 is 2.24 bits per heavy atom. The zero-order valence-electron chi connectivity index (χ0n) is 9.63. The summed E-state index contributed by atoms with van der Waals surface area (Å²) >= 11 is 0. The molecule has 0 radical (unpaired) electrons. The molecule has 1 amide bonds. The number of carbonyl (C=O) groups is 1. The van der Waals surface area contributed by atoms with Crippen molar-refractivity contribution in [3.8, 4) is 0 Å². The molecule has 1 heterocycles. The third-order valence-electron chi connectivity index (χ3n) is 2.68. The summed E-state index contributed by atoms with van der Waals surface area (Å²) in [7, 11) is 0. The van der Waals surface area contributed by atoms with Crippen LogP contribution in [0.15, 0.2) is 43.0 Å². The Labute approximate surface area is 101 Å². The predicted molar refractivity (Wildman–Crippen MR) is 65.2 cm³/mol. The van der Waals surface area contributed by atoms with E-state index in [1.807, 2.05) is 36.4 Å². The first kappa shape index (κ1) is 11.7. The molecule has 2 rings (SSSR count). The minimum absolute atomic E-state index is 0.0550. The molecule has 4 heteroatoms. The van der Waals surface area contributed by atoms with Crippen molar-refractivity contribution < 1.29 is 9.53 Å². The van der Waals surface area contributed by atoms with E-state index in [9.17, 15) is 4.79 Å². The van der Waals surface area contributed by atoms with Crippen molar-refractivity contribution in [1.82, 2.24) is 10.4 Å². The number of hydrogen-bond acceptors (Lipinski definition) is 3. The quantitative estimate of drug-likeness (QED) is 0.792. The fraction of sp³-hybridized carbons (Fsp3) is 0.308. The maximum Gasteiger partial charge on any atom is 0.424 e. The Morgan fingerprint density at radius 3 is 2.82 bits per heavy atom. The van der Waals surface area contributed by atoms with E-state index in [1.54, 1.807) is 0 Å². The zero-order valence-corrected chi connectivity index (χ0v) is 9.63. The summed E-state index contributed by atoms with van der Waals surface area (Å²) in [6.45, 7) is 4.77. The van der Waals surface area contributed by atoms with Crippen LogP contribution in [0.4, 0.5) is 4.79 Å². The summed E-state index contributed by atoms with van der Waals surface area (Å²) < 4.78 is 4.88. The fourth-order valence-electron chi connectivity index (χ4n) is 1.81. The first-order valence-corrected chi connectivity index (χ1v) is 5.67. The number of benzene rings is 1. The molecule has 90 valence electrons. The van der Waals surface area contributed by atoms with Crippen LogP contribution in [0.25, 0.3) is 0 Å². The molecular formula is C13H16N2O2. The molecule has 0 saturated carbocycles. The monoisotopic (exact) mass is 232 g/mol. The summed E-state index contributed by atoms with van der Waals surface area (Å²) in [4.78, 5) is 11.4. The van der Waals surface area contributed by atoms with Crippen molar-refractivity contribution in [1.29, 1.82) is 0 Å². The smallest absolute Gasteiger partial charge is 0.424 e. The maximum absolute atomic E-state index is 11.4. The average Bonchev–Trinajstić information content (AvgIpc) is 2.76. The van der Waals surface area contributed by atoms with E-state index in [4.69, 9.17) is 4.74 Å². The second kappa shape index (κ2) is 5.50. The zero-order chi connectivity index (χ0) is 12.1. The van der Waals surface area contributed by atoms with Gasteiger partial charge < -0.3 is 4.74 Å². The normalized spacial score (nSPS) is 16.7. The van der Waals surface area contributed by atoms with E-state index < -0.39 is 0 Å². The highest BCUT2D eigenvalue weighted by molar-refractivity contribution is 5.68. The molecule has 1 aliphatic rings. The average molecular weight is 232 g/mol. The van der Waals surface area contributed by atoms with E-state index in [0.717, 1.165) is 12.0 Å². The summed E-state index contributed by atoms with van der Waals surface area (Å²) in [6, 6.07) is 10.0. The van der Waals surface area contributed by atoms with Crippen LogP contribution in [0, 0.1) is 0 Å². The number of amides is 1. The molecule has 1 aromatic rings. The topological polar surface area (TPSA) is 41.6 Å². The molecule has 4 nitrogen and oxygen atoms in total. The molecule has 1 aromatic carbocycles. The number of carbonyl (C=O) groups excluding carboxylic acids is 1. The first-order valence-electron chi connectivity index (χ1n) is 5.67. The van der Waals surface area contributed by atoms with Crippen LogP contribution in [0.2, 0.25) is 0 Å². The molecule has 0 spiro atoms. The van der Waals surface area contributed by atoms with Gasteiger partial charge in [0.15, 0.2) is 0 Å². The number of rotatable bonds is 5. The molecule has 1 N–H and O–H groups in total. The van der Waals surface area contributed by atoms with E-state index in [0.29, 0.717) is 13.2 Å². The minimum Gasteiger partial charge on any atom is -0.447 e. The standard InChI is InChI=1S/C13H16N2O2/c1-2-6-12(11-7-4-3-5-8-11)14-15-9-10-17-13(15)16/h2-5,7-8,12,14H,1,6,9-10H2. The summed E-state index contributed by atoms with van der Waals surface area (Å²) in [5, 5.41) is 1.52. The Balaban J connectivity index is 2.07. The fourth-order valence-corrected chi connectivity index (χ4v) is 1.81. The molecule has 0 aliphatic carbocycles. The molecule has 0 aromatic heterocycles. The van der Waals surface area contributed by atoms with Gasteiger partial charge in [-0.15, -0.1) is 6.58 Å². The van der Waals surface area contributed by atoms with Crippen LogP contribution in [-0.2, 0) is 4.74 Å². The number of ether oxygens (including phenoxy) is 1. The van der Waals surface area contributed by atoms with Crippen molar-refractivity contribution in [2.45, 2.75) is 12.5 Å². The van der Waals surface area contributed by atoms with Crippen molar-refractivity contribution in [2.75, 3.05) is 13.2 Å². The Bertz CT molecular complexity index is 392. The van der Waals surface area contributed by atoms with Gasteiger partial charge in [0.2, 0.25) is 0 Å². The van der Waals surface area contributed by atoms with Gasteiger partial charge in [0, 0.05) is 0 Å². The van der Waals surface area contributed by atoms with Gasteiger partial charge in [0.25, 0.3) is 0 Å². The highest BCUT2D eigenvalue weighted by atomic mass is 16.6. The van der Waals surface area contributed by atoms with Crippen molar-refractivity contribution in [3.63, 3.8) is 0 Å². The van der Waals surface area contributed by atoms with Gasteiger partial charge in [0.05, 0.1) is 12.6 Å². The molecule has 1 aliphatic heterocycles. The minimum atomic E-state index is -0.310. The number of hydrogen-bond donors (Lipinski definition) is 1. The lowest BCUT2D eigenvalue weighted by molar-refractivity contribution is 0.138. The lowest BCUT2D eigenvalue weighted by Gasteiger charge is -2.23. The van der Waals surface area contributed by atoms with Gasteiger partial charge in [-0.25, -0.2) is 15.2 Å². The number of hydrazine groups is 1. The van der Waals surface area contributed by atoms with Gasteiger partial charge >= 0.3 is 6.09 Å². The van der Waals surface area contributed by atoms with Crippen LogP contribution in [0.1, 0.15) is 18.0 Å². The highest BCUT2D eigenvalue weighted by Gasteiger charge is 2.24. The van der Waals surface area contributed by atoms with Gasteiger partial charge in [-0.3, -0.25) is 0 Å². The lowest BCUT2D eigenvalue weighted by atomic mass is 10.0. The van der Waals surface area contributed by atoms with Crippen LogP contribution < -0.4 is 5.43 Å². The Morgan fingerprint density at radius 1 is 1.47 bits per heavy atom. The third-order valence-corrected chi connectivity index (χ3v) is 2.68. The molecule has 1 fully saturated rings. The largest absolute Gasteiger partial charge is 0.447 e. The first-order chi connectivity index (χ1) is 8.31. The van der Waals surface area contributed by atoms with Gasteiger partial charge in [-0.2, -0.15) is 0 Å². The van der Waals surface area contributed by atoms with E-state index in [1.165, 1.54) is 5.01 Å². The number of nitrogens with one attached hydrogen (secondary N) is 1. The maximum atomic E-state index is 11.4. The van der Waals surface area contributed by atoms with Crippen LogP contribution >= 0.6 is 0 Å². The SMILES string of the molecule is C=CCC(NN1CCOC1=O)c1ccccc1. The second-order valence-electron chi connectivity index (χ2n) is 3.88. The molecular weight excluding hydrogens is 216 g/mol. The Hall–Kier alpha value is -1.81. The Kier molecular flexibility index (Phi) is 3.77. The lowest BCUT2D eigenvalue weighted by Crippen LogP contribution is -2.41. The molecule has 1 atom stereocenters. The van der Waals surface area contributed by atoms with Crippen molar-refractivity contribution in [2.24, 2.45) is 0 Å². The summed E-state index contributed by atoms with van der Waals surface area (Å²) in [5.41, 5.74) is 4.30. The van der Waals surface area contributed by atoms with Crippen molar-refractivity contribution >= 4 is 6.09 Å². The number of nitrogens with zero attached hydrogens (tertiary/aromatic N) is 1. The third kappa shape index (κ3) is 2.85. The summed E-state index contributed by atoms with van der Waals surface area (Å²) in [6.07, 6.45) is 2.29. The molecule has 17 heavy (non-hydrogen) atoms.